The maximum atomic E-state index is 5.89. The lowest BCUT2D eigenvalue weighted by atomic mass is 10.2. The first kappa shape index (κ1) is 10.8. The average Bonchev–Trinajstić information content (AvgIpc) is 2.33. The fraction of sp³-hybridized carbons (Fsp3) is 0.667. The predicted molar refractivity (Wildman–Crippen MR) is 59.9 cm³/mol. The summed E-state index contributed by atoms with van der Waals surface area (Å²) < 4.78 is 0. The minimum atomic E-state index is 0.212. The molecule has 0 aromatic carbocycles. The van der Waals surface area contributed by atoms with Gasteiger partial charge in [-0.25, -0.2) is 4.98 Å². The van der Waals surface area contributed by atoms with E-state index in [1.54, 1.807) is 11.3 Å². The van der Waals surface area contributed by atoms with Crippen LogP contribution in [0.5, 0.6) is 0 Å². The van der Waals surface area contributed by atoms with Crippen molar-refractivity contribution >= 4 is 28.1 Å². The molecule has 0 amide bonds. The van der Waals surface area contributed by atoms with Gasteiger partial charge in [0.25, 0.3) is 0 Å². The molecule has 1 heterocycles. The number of aromatic nitrogens is 1. The van der Waals surface area contributed by atoms with Crippen molar-refractivity contribution < 1.29 is 0 Å². The lowest BCUT2D eigenvalue weighted by Crippen LogP contribution is -2.18. The van der Waals surface area contributed by atoms with E-state index in [2.05, 4.69) is 17.2 Å². The summed E-state index contributed by atoms with van der Waals surface area (Å²) in [5, 5.41) is 6.56. The summed E-state index contributed by atoms with van der Waals surface area (Å²) in [7, 11) is 0. The summed E-state index contributed by atoms with van der Waals surface area (Å²) in [5.74, 6) is 0. The Kier molecular flexibility index (Phi) is 4.00. The number of anilines is 1. The number of thiazole rings is 1. The maximum Gasteiger partial charge on any atom is 0.183 e. The van der Waals surface area contributed by atoms with Gasteiger partial charge in [0, 0.05) is 16.8 Å². The molecular formula is C9H15ClN2S. The lowest BCUT2D eigenvalue weighted by Gasteiger charge is -2.13. The van der Waals surface area contributed by atoms with Crippen LogP contribution in [0.25, 0.3) is 0 Å². The summed E-state index contributed by atoms with van der Waals surface area (Å²) in [5.41, 5.74) is 1.07. The van der Waals surface area contributed by atoms with E-state index in [4.69, 9.17) is 11.6 Å². The van der Waals surface area contributed by atoms with Crippen LogP contribution in [0.3, 0.4) is 0 Å². The maximum absolute atomic E-state index is 5.89. The Balaban J connectivity index is 2.40. The van der Waals surface area contributed by atoms with Gasteiger partial charge in [0.2, 0.25) is 0 Å². The van der Waals surface area contributed by atoms with Gasteiger partial charge in [0.15, 0.2) is 5.13 Å². The Morgan fingerprint density at radius 3 is 2.77 bits per heavy atom. The molecule has 1 N–H and O–H groups in total. The van der Waals surface area contributed by atoms with Gasteiger partial charge in [0.1, 0.15) is 0 Å². The van der Waals surface area contributed by atoms with Crippen LogP contribution in [0, 0.1) is 6.92 Å². The van der Waals surface area contributed by atoms with E-state index in [1.165, 1.54) is 0 Å². The quantitative estimate of drug-likeness (QED) is 0.785. The summed E-state index contributed by atoms with van der Waals surface area (Å²) in [4.78, 5) is 4.32. The third-order valence-electron chi connectivity index (χ3n) is 1.67. The largest absolute Gasteiger partial charge is 0.359 e. The van der Waals surface area contributed by atoms with Crippen molar-refractivity contribution in [3.8, 4) is 0 Å². The van der Waals surface area contributed by atoms with Crippen LogP contribution >= 0.6 is 22.9 Å². The summed E-state index contributed by atoms with van der Waals surface area (Å²) in [6.07, 6.45) is 0.959. The third kappa shape index (κ3) is 3.96. The average molecular weight is 219 g/mol. The minimum absolute atomic E-state index is 0.212. The van der Waals surface area contributed by atoms with E-state index in [0.29, 0.717) is 6.04 Å². The Hall–Kier alpha value is -0.280. The van der Waals surface area contributed by atoms with Crippen molar-refractivity contribution in [1.82, 2.24) is 4.98 Å². The van der Waals surface area contributed by atoms with E-state index in [0.717, 1.165) is 17.2 Å². The second-order valence-corrected chi connectivity index (χ2v) is 4.96. The Labute approximate surface area is 88.3 Å². The SMILES string of the molecule is Cc1csc(NC(C)CC(C)Cl)n1. The number of hydrogen-bond donors (Lipinski definition) is 1. The highest BCUT2D eigenvalue weighted by atomic mass is 35.5. The van der Waals surface area contributed by atoms with Crippen molar-refractivity contribution in [2.45, 2.75) is 38.6 Å². The van der Waals surface area contributed by atoms with Gasteiger partial charge in [-0.05, 0) is 27.2 Å². The molecule has 4 heteroatoms. The molecule has 0 aliphatic carbocycles. The fourth-order valence-corrected chi connectivity index (χ4v) is 2.25. The zero-order chi connectivity index (χ0) is 9.84. The van der Waals surface area contributed by atoms with Gasteiger partial charge in [-0.1, -0.05) is 0 Å². The van der Waals surface area contributed by atoms with Gasteiger partial charge in [-0.15, -0.1) is 22.9 Å². The molecule has 13 heavy (non-hydrogen) atoms. The fourth-order valence-electron chi connectivity index (χ4n) is 1.18. The first-order valence-corrected chi connectivity index (χ1v) is 5.72. The summed E-state index contributed by atoms with van der Waals surface area (Å²) >= 11 is 7.53. The number of hydrogen-bond acceptors (Lipinski definition) is 3. The Morgan fingerprint density at radius 1 is 1.62 bits per heavy atom. The van der Waals surface area contributed by atoms with Crippen LogP contribution < -0.4 is 5.32 Å². The molecule has 0 radical (unpaired) electrons. The van der Waals surface area contributed by atoms with E-state index >= 15 is 0 Å². The number of aryl methyl sites for hydroxylation is 1. The highest BCUT2D eigenvalue weighted by molar-refractivity contribution is 7.13. The van der Waals surface area contributed by atoms with Crippen molar-refractivity contribution in [1.29, 1.82) is 0 Å². The van der Waals surface area contributed by atoms with Gasteiger partial charge in [-0.2, -0.15) is 0 Å². The number of alkyl halides is 1. The smallest absolute Gasteiger partial charge is 0.183 e. The van der Waals surface area contributed by atoms with Gasteiger partial charge >= 0.3 is 0 Å². The molecule has 2 unspecified atom stereocenters. The van der Waals surface area contributed by atoms with Crippen LogP contribution in [-0.2, 0) is 0 Å². The zero-order valence-electron chi connectivity index (χ0n) is 8.17. The molecule has 74 valence electrons. The van der Waals surface area contributed by atoms with Gasteiger partial charge in [0.05, 0.1) is 5.69 Å². The molecule has 1 rings (SSSR count). The molecule has 0 aliphatic rings. The first-order chi connectivity index (χ1) is 6.08. The van der Waals surface area contributed by atoms with E-state index in [1.807, 2.05) is 19.2 Å². The zero-order valence-corrected chi connectivity index (χ0v) is 9.75. The molecule has 0 fully saturated rings. The molecule has 2 nitrogen and oxygen atoms in total. The minimum Gasteiger partial charge on any atom is -0.359 e. The summed E-state index contributed by atoms with van der Waals surface area (Å²) in [6.45, 7) is 6.12. The lowest BCUT2D eigenvalue weighted by molar-refractivity contribution is 0.695. The van der Waals surface area contributed by atoms with E-state index < -0.39 is 0 Å². The van der Waals surface area contributed by atoms with Crippen molar-refractivity contribution in [2.75, 3.05) is 5.32 Å². The Morgan fingerprint density at radius 2 is 2.31 bits per heavy atom. The number of nitrogens with zero attached hydrogens (tertiary/aromatic N) is 1. The van der Waals surface area contributed by atoms with Crippen LogP contribution in [0.4, 0.5) is 5.13 Å². The predicted octanol–water partition coefficient (Wildman–Crippen LogP) is 3.27. The second-order valence-electron chi connectivity index (χ2n) is 3.36. The van der Waals surface area contributed by atoms with Crippen LogP contribution in [0.1, 0.15) is 26.0 Å². The van der Waals surface area contributed by atoms with Crippen molar-refractivity contribution in [3.05, 3.63) is 11.1 Å². The molecular weight excluding hydrogens is 204 g/mol. The molecule has 0 spiro atoms. The number of rotatable bonds is 4. The second kappa shape index (κ2) is 4.82. The van der Waals surface area contributed by atoms with Crippen LogP contribution in [0.2, 0.25) is 0 Å². The van der Waals surface area contributed by atoms with Crippen molar-refractivity contribution in [2.24, 2.45) is 0 Å². The molecule has 2 atom stereocenters. The van der Waals surface area contributed by atoms with Crippen molar-refractivity contribution in [3.63, 3.8) is 0 Å². The molecule has 0 bridgehead atoms. The molecule has 1 aromatic rings. The first-order valence-electron chi connectivity index (χ1n) is 4.40. The van der Waals surface area contributed by atoms with E-state index in [-0.39, 0.29) is 5.38 Å². The van der Waals surface area contributed by atoms with Crippen LogP contribution in [-0.4, -0.2) is 16.4 Å². The highest BCUT2D eigenvalue weighted by Crippen LogP contribution is 2.17. The third-order valence-corrected chi connectivity index (χ3v) is 2.74. The number of halogens is 1. The molecule has 1 aromatic heterocycles. The molecule has 0 saturated carbocycles. The number of nitrogens with one attached hydrogen (secondary N) is 1. The normalized spacial score (nSPS) is 15.4. The standard InChI is InChI=1S/C9H15ClN2S/c1-6(10)4-7(2)11-9-12-8(3)5-13-9/h5-7H,4H2,1-3H3,(H,11,12). The summed E-state index contributed by atoms with van der Waals surface area (Å²) in [6, 6.07) is 0.387. The molecule has 0 saturated heterocycles. The van der Waals surface area contributed by atoms with E-state index in [9.17, 15) is 0 Å². The van der Waals surface area contributed by atoms with Gasteiger partial charge in [-0.3, -0.25) is 0 Å². The monoisotopic (exact) mass is 218 g/mol. The molecule has 0 aliphatic heterocycles. The topological polar surface area (TPSA) is 24.9 Å². The van der Waals surface area contributed by atoms with Crippen LogP contribution in [0.15, 0.2) is 5.38 Å². The Bertz CT molecular complexity index is 260. The highest BCUT2D eigenvalue weighted by Gasteiger charge is 2.07. The van der Waals surface area contributed by atoms with Gasteiger partial charge < -0.3 is 5.32 Å².